The summed E-state index contributed by atoms with van der Waals surface area (Å²) >= 11 is 0. The van der Waals surface area contributed by atoms with Crippen molar-refractivity contribution in [3.05, 3.63) is 0 Å². The Balaban J connectivity index is 1.84. The van der Waals surface area contributed by atoms with Crippen LogP contribution in [-0.4, -0.2) is 87.5 Å². The minimum absolute atomic E-state index is 0.224. The van der Waals surface area contributed by atoms with Crippen molar-refractivity contribution in [2.24, 2.45) is 0 Å². The maximum absolute atomic E-state index is 8.57. The Bertz CT molecular complexity index is 160. The molecule has 5 heteroatoms. The standard InChI is InChI=1S/C11H26N4O/c1-14-7-9-15(10-8-14)6-4-12-2-3-13-5-11-16/h12-13,16H,2-11H2,1H3. The molecule has 5 nitrogen and oxygen atoms in total. The van der Waals surface area contributed by atoms with Crippen LogP contribution < -0.4 is 10.6 Å². The maximum Gasteiger partial charge on any atom is 0.0555 e. The summed E-state index contributed by atoms with van der Waals surface area (Å²) in [6.45, 7) is 9.81. The Kier molecular flexibility index (Phi) is 7.71. The van der Waals surface area contributed by atoms with Gasteiger partial charge in [-0.05, 0) is 7.05 Å². The second kappa shape index (κ2) is 8.90. The van der Waals surface area contributed by atoms with Gasteiger partial charge in [0.15, 0.2) is 0 Å². The van der Waals surface area contributed by atoms with E-state index in [1.54, 1.807) is 0 Å². The summed E-state index contributed by atoms with van der Waals surface area (Å²) in [6.07, 6.45) is 0. The summed E-state index contributed by atoms with van der Waals surface area (Å²) in [4.78, 5) is 4.89. The van der Waals surface area contributed by atoms with E-state index in [1.807, 2.05) is 0 Å². The van der Waals surface area contributed by atoms with Gasteiger partial charge in [-0.2, -0.15) is 0 Å². The zero-order chi connectivity index (χ0) is 11.6. The molecule has 0 aromatic heterocycles. The maximum atomic E-state index is 8.57. The molecule has 0 aromatic carbocycles. The molecular formula is C11H26N4O. The lowest BCUT2D eigenvalue weighted by Gasteiger charge is -2.32. The second-order valence-corrected chi connectivity index (χ2v) is 4.37. The highest BCUT2D eigenvalue weighted by Crippen LogP contribution is 1.97. The van der Waals surface area contributed by atoms with E-state index in [0.717, 1.165) is 26.2 Å². The third-order valence-corrected chi connectivity index (χ3v) is 2.97. The molecule has 0 amide bonds. The molecule has 16 heavy (non-hydrogen) atoms. The first-order valence-corrected chi connectivity index (χ1v) is 6.26. The number of rotatable bonds is 8. The SMILES string of the molecule is CN1CCN(CCNCCNCCO)CC1. The first-order chi connectivity index (χ1) is 7.83. The second-order valence-electron chi connectivity index (χ2n) is 4.37. The lowest BCUT2D eigenvalue weighted by atomic mass is 10.3. The topological polar surface area (TPSA) is 50.8 Å². The molecule has 0 bridgehead atoms. The van der Waals surface area contributed by atoms with E-state index in [0.29, 0.717) is 6.54 Å². The van der Waals surface area contributed by atoms with Crippen molar-refractivity contribution in [3.63, 3.8) is 0 Å². The van der Waals surface area contributed by atoms with Gasteiger partial charge in [0.1, 0.15) is 0 Å². The Morgan fingerprint density at radius 1 is 0.938 bits per heavy atom. The summed E-state index contributed by atoms with van der Waals surface area (Å²) in [5.74, 6) is 0. The monoisotopic (exact) mass is 230 g/mol. The van der Waals surface area contributed by atoms with Crippen LogP contribution in [0.4, 0.5) is 0 Å². The summed E-state index contributed by atoms with van der Waals surface area (Å²) in [6, 6.07) is 0. The molecule has 1 saturated heterocycles. The quantitative estimate of drug-likeness (QED) is 0.439. The summed E-state index contributed by atoms with van der Waals surface area (Å²) in [5, 5.41) is 15.1. The molecule has 0 unspecified atom stereocenters. The largest absolute Gasteiger partial charge is 0.395 e. The fourth-order valence-electron chi connectivity index (χ4n) is 1.81. The molecule has 1 aliphatic rings. The molecule has 3 N–H and O–H groups in total. The fraction of sp³-hybridized carbons (Fsp3) is 1.00. The molecular weight excluding hydrogens is 204 g/mol. The van der Waals surface area contributed by atoms with E-state index in [-0.39, 0.29) is 6.61 Å². The van der Waals surface area contributed by atoms with Crippen molar-refractivity contribution >= 4 is 0 Å². The fourth-order valence-corrected chi connectivity index (χ4v) is 1.81. The van der Waals surface area contributed by atoms with Crippen molar-refractivity contribution in [2.75, 3.05) is 72.6 Å². The van der Waals surface area contributed by atoms with Gasteiger partial charge in [0.2, 0.25) is 0 Å². The number of piperazine rings is 1. The third-order valence-electron chi connectivity index (χ3n) is 2.97. The first-order valence-electron chi connectivity index (χ1n) is 6.26. The van der Waals surface area contributed by atoms with Crippen molar-refractivity contribution in [2.45, 2.75) is 0 Å². The van der Waals surface area contributed by atoms with Crippen LogP contribution in [-0.2, 0) is 0 Å². The van der Waals surface area contributed by atoms with Crippen LogP contribution in [0.5, 0.6) is 0 Å². The third kappa shape index (κ3) is 6.40. The zero-order valence-electron chi connectivity index (χ0n) is 10.4. The predicted molar refractivity (Wildman–Crippen MR) is 66.8 cm³/mol. The Morgan fingerprint density at radius 2 is 1.56 bits per heavy atom. The van der Waals surface area contributed by atoms with E-state index >= 15 is 0 Å². The highest BCUT2D eigenvalue weighted by Gasteiger charge is 2.12. The van der Waals surface area contributed by atoms with Crippen LogP contribution in [0.1, 0.15) is 0 Å². The van der Waals surface area contributed by atoms with Gasteiger partial charge in [-0.3, -0.25) is 4.90 Å². The Morgan fingerprint density at radius 3 is 2.19 bits per heavy atom. The molecule has 0 saturated carbocycles. The summed E-state index contributed by atoms with van der Waals surface area (Å²) in [5.41, 5.74) is 0. The molecule has 1 fully saturated rings. The number of nitrogens with zero attached hydrogens (tertiary/aromatic N) is 2. The van der Waals surface area contributed by atoms with Crippen LogP contribution in [0.2, 0.25) is 0 Å². The average Bonchev–Trinajstić information content (AvgIpc) is 2.30. The molecule has 96 valence electrons. The van der Waals surface area contributed by atoms with Crippen LogP contribution in [0.25, 0.3) is 0 Å². The van der Waals surface area contributed by atoms with E-state index in [9.17, 15) is 0 Å². The van der Waals surface area contributed by atoms with Gasteiger partial charge in [0.05, 0.1) is 6.61 Å². The zero-order valence-corrected chi connectivity index (χ0v) is 10.4. The number of likely N-dealkylation sites (N-methyl/N-ethyl adjacent to an activating group) is 1. The molecule has 1 rings (SSSR count). The van der Waals surface area contributed by atoms with Crippen LogP contribution in [0.15, 0.2) is 0 Å². The number of hydrogen-bond donors (Lipinski definition) is 3. The number of aliphatic hydroxyl groups excluding tert-OH is 1. The van der Waals surface area contributed by atoms with E-state index in [4.69, 9.17) is 5.11 Å². The molecule has 0 aliphatic carbocycles. The molecule has 0 spiro atoms. The van der Waals surface area contributed by atoms with Gasteiger partial charge < -0.3 is 20.6 Å². The van der Waals surface area contributed by atoms with Crippen molar-refractivity contribution < 1.29 is 5.11 Å². The summed E-state index contributed by atoms with van der Waals surface area (Å²) < 4.78 is 0. The molecule has 0 aromatic rings. The lowest BCUT2D eigenvalue weighted by molar-refractivity contribution is 0.155. The van der Waals surface area contributed by atoms with Gasteiger partial charge in [0, 0.05) is 58.9 Å². The highest BCUT2D eigenvalue weighted by molar-refractivity contribution is 4.69. The molecule has 0 atom stereocenters. The van der Waals surface area contributed by atoms with Gasteiger partial charge >= 0.3 is 0 Å². The first kappa shape index (κ1) is 13.9. The molecule has 0 radical (unpaired) electrons. The van der Waals surface area contributed by atoms with Crippen molar-refractivity contribution in [1.29, 1.82) is 0 Å². The Labute approximate surface area is 98.8 Å². The van der Waals surface area contributed by atoms with Crippen LogP contribution in [0.3, 0.4) is 0 Å². The van der Waals surface area contributed by atoms with E-state index < -0.39 is 0 Å². The van der Waals surface area contributed by atoms with Crippen LogP contribution >= 0.6 is 0 Å². The van der Waals surface area contributed by atoms with E-state index in [2.05, 4.69) is 27.5 Å². The highest BCUT2D eigenvalue weighted by atomic mass is 16.3. The average molecular weight is 230 g/mol. The predicted octanol–water partition coefficient (Wildman–Crippen LogP) is -1.59. The van der Waals surface area contributed by atoms with Gasteiger partial charge in [-0.15, -0.1) is 0 Å². The van der Waals surface area contributed by atoms with Crippen LogP contribution in [0, 0.1) is 0 Å². The normalized spacial score (nSPS) is 19.1. The molecule has 1 heterocycles. The minimum atomic E-state index is 0.224. The smallest absolute Gasteiger partial charge is 0.0555 e. The van der Waals surface area contributed by atoms with Gasteiger partial charge in [-0.1, -0.05) is 0 Å². The summed E-state index contributed by atoms with van der Waals surface area (Å²) in [7, 11) is 2.18. The van der Waals surface area contributed by atoms with Crippen molar-refractivity contribution in [1.82, 2.24) is 20.4 Å². The molecule has 1 aliphatic heterocycles. The number of nitrogens with one attached hydrogen (secondary N) is 2. The minimum Gasteiger partial charge on any atom is -0.395 e. The van der Waals surface area contributed by atoms with Crippen molar-refractivity contribution in [3.8, 4) is 0 Å². The number of aliphatic hydroxyl groups is 1. The Hall–Kier alpha value is -0.200. The lowest BCUT2D eigenvalue weighted by Crippen LogP contribution is -2.46. The number of hydrogen-bond acceptors (Lipinski definition) is 5. The van der Waals surface area contributed by atoms with Gasteiger partial charge in [0.25, 0.3) is 0 Å². The van der Waals surface area contributed by atoms with E-state index in [1.165, 1.54) is 26.2 Å². The van der Waals surface area contributed by atoms with Gasteiger partial charge in [-0.25, -0.2) is 0 Å².